The van der Waals surface area contributed by atoms with Crippen molar-refractivity contribution in [3.05, 3.63) is 89.0 Å². The van der Waals surface area contributed by atoms with Gasteiger partial charge in [0.25, 0.3) is 11.8 Å². The summed E-state index contributed by atoms with van der Waals surface area (Å²) in [5.41, 5.74) is 1.54. The summed E-state index contributed by atoms with van der Waals surface area (Å²) >= 11 is 5.84. The molecule has 7 nitrogen and oxygen atoms in total. The summed E-state index contributed by atoms with van der Waals surface area (Å²) < 4.78 is 10.8. The van der Waals surface area contributed by atoms with Gasteiger partial charge in [-0.3, -0.25) is 9.59 Å². The van der Waals surface area contributed by atoms with E-state index in [2.05, 4.69) is 10.6 Å². The minimum atomic E-state index is -0.553. The number of amides is 2. The van der Waals surface area contributed by atoms with Crippen LogP contribution in [0.4, 0.5) is 11.4 Å². The third-order valence-electron chi connectivity index (χ3n) is 4.39. The van der Waals surface area contributed by atoms with Crippen molar-refractivity contribution in [3.63, 3.8) is 0 Å². The van der Waals surface area contributed by atoms with Gasteiger partial charge in [0.05, 0.1) is 12.8 Å². The van der Waals surface area contributed by atoms with Crippen LogP contribution in [0.2, 0.25) is 5.02 Å². The lowest BCUT2D eigenvalue weighted by Gasteiger charge is -2.11. The summed E-state index contributed by atoms with van der Waals surface area (Å²) in [6.07, 6.45) is 1.44. The van der Waals surface area contributed by atoms with Gasteiger partial charge in [-0.15, -0.1) is 0 Å². The van der Waals surface area contributed by atoms with E-state index in [0.717, 1.165) is 0 Å². The molecule has 0 radical (unpaired) electrons. The average Bonchev–Trinajstić information content (AvgIpc) is 2.83. The second kappa shape index (κ2) is 11.4. The van der Waals surface area contributed by atoms with Gasteiger partial charge in [-0.2, -0.15) is 5.26 Å². The zero-order valence-electron chi connectivity index (χ0n) is 17.7. The van der Waals surface area contributed by atoms with E-state index in [1.54, 1.807) is 72.8 Å². The number of methoxy groups -OCH3 is 1. The second-order valence-electron chi connectivity index (χ2n) is 6.74. The van der Waals surface area contributed by atoms with Crippen LogP contribution in [-0.2, 0) is 9.59 Å². The molecule has 2 amide bonds. The normalized spacial score (nSPS) is 10.6. The first kappa shape index (κ1) is 23.4. The Balaban J connectivity index is 1.63. The van der Waals surface area contributed by atoms with E-state index in [-0.39, 0.29) is 18.1 Å². The highest BCUT2D eigenvalue weighted by Crippen LogP contribution is 2.23. The van der Waals surface area contributed by atoms with E-state index in [1.807, 2.05) is 6.07 Å². The van der Waals surface area contributed by atoms with Crippen LogP contribution in [0, 0.1) is 11.3 Å². The molecule has 8 heteroatoms. The maximum absolute atomic E-state index is 12.4. The van der Waals surface area contributed by atoms with Gasteiger partial charge in [-0.1, -0.05) is 35.9 Å². The quantitative estimate of drug-likeness (QED) is 0.366. The van der Waals surface area contributed by atoms with Crippen LogP contribution in [0.5, 0.6) is 11.5 Å². The van der Waals surface area contributed by atoms with Crippen molar-refractivity contribution in [2.45, 2.75) is 0 Å². The summed E-state index contributed by atoms with van der Waals surface area (Å²) in [4.78, 5) is 24.7. The van der Waals surface area contributed by atoms with E-state index < -0.39 is 5.91 Å². The molecule has 0 heterocycles. The molecule has 0 saturated carbocycles. The van der Waals surface area contributed by atoms with Crippen molar-refractivity contribution >= 4 is 40.9 Å². The molecule has 0 atom stereocenters. The van der Waals surface area contributed by atoms with Crippen molar-refractivity contribution in [2.24, 2.45) is 0 Å². The van der Waals surface area contributed by atoms with Crippen LogP contribution in [0.3, 0.4) is 0 Å². The molecule has 2 N–H and O–H groups in total. The molecule has 0 aliphatic rings. The van der Waals surface area contributed by atoms with E-state index in [0.29, 0.717) is 33.5 Å². The zero-order chi connectivity index (χ0) is 23.6. The van der Waals surface area contributed by atoms with Crippen LogP contribution in [-0.4, -0.2) is 25.5 Å². The number of hydrogen-bond acceptors (Lipinski definition) is 5. The summed E-state index contributed by atoms with van der Waals surface area (Å²) in [5.74, 6) is 0.0380. The number of para-hydroxylation sites is 2. The highest BCUT2D eigenvalue weighted by molar-refractivity contribution is 6.30. The fourth-order valence-corrected chi connectivity index (χ4v) is 2.95. The number of carbonyl (C=O) groups is 2. The van der Waals surface area contributed by atoms with Gasteiger partial charge in [0, 0.05) is 10.7 Å². The molecule has 0 aliphatic heterocycles. The first-order valence-electron chi connectivity index (χ1n) is 9.83. The fourth-order valence-electron chi connectivity index (χ4n) is 2.82. The van der Waals surface area contributed by atoms with Crippen LogP contribution in [0.15, 0.2) is 78.4 Å². The van der Waals surface area contributed by atoms with Crippen LogP contribution in [0.25, 0.3) is 6.08 Å². The third kappa shape index (κ3) is 6.86. The molecular formula is C25H20ClN3O4. The fraction of sp³-hybridized carbons (Fsp3) is 0.0800. The molecule has 3 aromatic rings. The van der Waals surface area contributed by atoms with Gasteiger partial charge in [0.2, 0.25) is 0 Å². The number of halogens is 1. The van der Waals surface area contributed by atoms with E-state index >= 15 is 0 Å². The molecule has 3 aromatic carbocycles. The molecule has 166 valence electrons. The number of hydrogen-bond donors (Lipinski definition) is 2. The molecular weight excluding hydrogens is 442 g/mol. The number of rotatable bonds is 8. The van der Waals surface area contributed by atoms with Gasteiger partial charge in [0.1, 0.15) is 23.1 Å². The topological polar surface area (TPSA) is 100 Å². The van der Waals surface area contributed by atoms with Gasteiger partial charge in [-0.25, -0.2) is 0 Å². The molecule has 3 rings (SSSR count). The first-order valence-corrected chi connectivity index (χ1v) is 10.2. The summed E-state index contributed by atoms with van der Waals surface area (Å²) in [6.45, 7) is -0.229. The average molecular weight is 462 g/mol. The van der Waals surface area contributed by atoms with Gasteiger partial charge in [0.15, 0.2) is 6.61 Å². The lowest BCUT2D eigenvalue weighted by Crippen LogP contribution is -2.20. The molecule has 33 heavy (non-hydrogen) atoms. The maximum Gasteiger partial charge on any atom is 0.266 e. The number of nitriles is 1. The molecule has 0 fully saturated rings. The highest BCUT2D eigenvalue weighted by Gasteiger charge is 2.11. The Labute approximate surface area is 196 Å². The number of ether oxygens (including phenoxy) is 2. The Morgan fingerprint density at radius 3 is 2.52 bits per heavy atom. The zero-order valence-corrected chi connectivity index (χ0v) is 18.4. The van der Waals surface area contributed by atoms with E-state index in [4.69, 9.17) is 21.1 Å². The van der Waals surface area contributed by atoms with Gasteiger partial charge < -0.3 is 20.1 Å². The monoisotopic (exact) mass is 461 g/mol. The minimum Gasteiger partial charge on any atom is -0.495 e. The SMILES string of the molecule is COc1ccccc1NC(=O)COc1cccc(/C=C(/C#N)C(=O)Nc2ccc(Cl)cc2)c1. The number of benzene rings is 3. The summed E-state index contributed by atoms with van der Waals surface area (Å²) in [7, 11) is 1.52. The molecule has 0 aromatic heterocycles. The maximum atomic E-state index is 12.4. The summed E-state index contributed by atoms with van der Waals surface area (Å²) in [6, 6.07) is 22.2. The largest absolute Gasteiger partial charge is 0.495 e. The van der Waals surface area contributed by atoms with E-state index in [1.165, 1.54) is 13.2 Å². The van der Waals surface area contributed by atoms with Crippen molar-refractivity contribution in [1.29, 1.82) is 5.26 Å². The molecule has 0 saturated heterocycles. The number of nitrogens with zero attached hydrogens (tertiary/aromatic N) is 1. The molecule has 0 bridgehead atoms. The van der Waals surface area contributed by atoms with Crippen molar-refractivity contribution < 1.29 is 19.1 Å². The smallest absolute Gasteiger partial charge is 0.266 e. The minimum absolute atomic E-state index is 0.0870. The standard InChI is InChI=1S/C25H20ClN3O4/c1-32-23-8-3-2-7-22(23)29-24(30)16-33-21-6-4-5-17(14-21)13-18(15-27)25(31)28-20-11-9-19(26)10-12-20/h2-14H,16H2,1H3,(H,28,31)(H,29,30)/b18-13-. The number of anilines is 2. The Morgan fingerprint density at radius 2 is 1.79 bits per heavy atom. The van der Waals surface area contributed by atoms with Crippen molar-refractivity contribution in [3.8, 4) is 17.6 Å². The van der Waals surface area contributed by atoms with Crippen LogP contribution < -0.4 is 20.1 Å². The Hall–Kier alpha value is -4.28. The Morgan fingerprint density at radius 1 is 1.03 bits per heavy atom. The second-order valence-corrected chi connectivity index (χ2v) is 7.18. The molecule has 0 spiro atoms. The summed E-state index contributed by atoms with van der Waals surface area (Å²) in [5, 5.41) is 15.3. The Kier molecular flexibility index (Phi) is 8.06. The number of carbonyl (C=O) groups excluding carboxylic acids is 2. The van der Waals surface area contributed by atoms with Crippen molar-refractivity contribution in [1.82, 2.24) is 0 Å². The highest BCUT2D eigenvalue weighted by atomic mass is 35.5. The van der Waals surface area contributed by atoms with Crippen LogP contribution in [0.1, 0.15) is 5.56 Å². The lowest BCUT2D eigenvalue weighted by molar-refractivity contribution is -0.118. The lowest BCUT2D eigenvalue weighted by atomic mass is 10.1. The van der Waals surface area contributed by atoms with E-state index in [9.17, 15) is 14.9 Å². The van der Waals surface area contributed by atoms with Crippen molar-refractivity contribution in [2.75, 3.05) is 24.4 Å². The van der Waals surface area contributed by atoms with Crippen LogP contribution >= 0.6 is 11.6 Å². The van der Waals surface area contributed by atoms with Gasteiger partial charge in [-0.05, 0) is 60.2 Å². The molecule has 0 aliphatic carbocycles. The van der Waals surface area contributed by atoms with Gasteiger partial charge >= 0.3 is 0 Å². The molecule has 0 unspecified atom stereocenters. The Bertz CT molecular complexity index is 1220. The first-order chi connectivity index (χ1) is 16.0. The predicted octanol–water partition coefficient (Wildman–Crippen LogP) is 4.91. The number of nitrogens with one attached hydrogen (secondary N) is 2. The third-order valence-corrected chi connectivity index (χ3v) is 4.64. The predicted molar refractivity (Wildman–Crippen MR) is 127 cm³/mol.